The van der Waals surface area contributed by atoms with Crippen molar-refractivity contribution in [3.8, 4) is 11.3 Å². The highest BCUT2D eigenvalue weighted by molar-refractivity contribution is 6.33. The molecule has 0 aliphatic heterocycles. The second-order valence-corrected chi connectivity index (χ2v) is 6.91. The number of aromatic amines is 1. The van der Waals surface area contributed by atoms with E-state index < -0.39 is 0 Å². The van der Waals surface area contributed by atoms with Gasteiger partial charge in [0.15, 0.2) is 5.65 Å². The molecule has 5 rings (SSSR count). The van der Waals surface area contributed by atoms with E-state index in [1.165, 1.54) is 0 Å². The Labute approximate surface area is 170 Å². The summed E-state index contributed by atoms with van der Waals surface area (Å²) < 4.78 is 5.78. The molecule has 2 N–H and O–H groups in total. The third-order valence-corrected chi connectivity index (χ3v) is 4.91. The van der Waals surface area contributed by atoms with Gasteiger partial charge < -0.3 is 9.40 Å². The Bertz CT molecular complexity index is 1370. The fourth-order valence-electron chi connectivity index (χ4n) is 3.17. The minimum Gasteiger partial charge on any atom is -0.455 e. The number of H-pyrrole nitrogens is 1. The lowest BCUT2D eigenvalue weighted by Gasteiger charge is -1.99. The molecule has 0 amide bonds. The number of furan rings is 1. The van der Waals surface area contributed by atoms with Crippen LogP contribution in [0, 0.1) is 6.92 Å². The smallest absolute Gasteiger partial charge is 0.265 e. The van der Waals surface area contributed by atoms with E-state index >= 15 is 0 Å². The first-order chi connectivity index (χ1) is 14.2. The van der Waals surface area contributed by atoms with Crippen LogP contribution >= 0.6 is 11.6 Å². The first-order valence-corrected chi connectivity index (χ1v) is 9.32. The first-order valence-electron chi connectivity index (χ1n) is 8.94. The maximum Gasteiger partial charge on any atom is 0.265 e. The van der Waals surface area contributed by atoms with Crippen molar-refractivity contribution >= 4 is 45.8 Å². The zero-order valence-corrected chi connectivity index (χ0v) is 16.1. The number of nitrogens with one attached hydrogen (secondary N) is 2. The second kappa shape index (κ2) is 7.03. The van der Waals surface area contributed by atoms with Gasteiger partial charge in [-0.2, -0.15) is 10.1 Å². The van der Waals surface area contributed by atoms with Gasteiger partial charge in [-0.15, -0.1) is 10.2 Å². The average Bonchev–Trinajstić information content (AvgIpc) is 3.34. The van der Waals surface area contributed by atoms with Crippen molar-refractivity contribution in [2.45, 2.75) is 6.92 Å². The van der Waals surface area contributed by atoms with Crippen molar-refractivity contribution in [3.63, 3.8) is 0 Å². The summed E-state index contributed by atoms with van der Waals surface area (Å²) in [4.78, 5) is 7.73. The summed E-state index contributed by atoms with van der Waals surface area (Å²) in [6.45, 7) is 2.04. The molecule has 142 valence electrons. The number of hydrogen-bond donors (Lipinski definition) is 2. The summed E-state index contributed by atoms with van der Waals surface area (Å²) in [5.41, 5.74) is 7.13. The van der Waals surface area contributed by atoms with E-state index in [1.807, 2.05) is 61.5 Å². The summed E-state index contributed by atoms with van der Waals surface area (Å²) in [7, 11) is 0. The second-order valence-electron chi connectivity index (χ2n) is 6.51. The molecule has 0 aliphatic carbocycles. The number of benzene rings is 2. The molecule has 0 radical (unpaired) electrons. The van der Waals surface area contributed by atoms with Gasteiger partial charge in [-0.3, -0.25) is 0 Å². The van der Waals surface area contributed by atoms with Crippen molar-refractivity contribution in [2.75, 3.05) is 5.43 Å². The van der Waals surface area contributed by atoms with Crippen LogP contribution in [0.25, 0.3) is 33.4 Å². The molecule has 0 atom stereocenters. The number of para-hydroxylation sites is 1. The number of anilines is 1. The molecule has 8 heteroatoms. The van der Waals surface area contributed by atoms with Crippen LogP contribution in [-0.4, -0.2) is 26.4 Å². The van der Waals surface area contributed by atoms with Crippen LogP contribution in [0.3, 0.4) is 0 Å². The lowest BCUT2D eigenvalue weighted by Crippen LogP contribution is -1.98. The van der Waals surface area contributed by atoms with E-state index in [4.69, 9.17) is 16.0 Å². The molecule has 7 nitrogen and oxygen atoms in total. The van der Waals surface area contributed by atoms with Gasteiger partial charge in [-0.25, -0.2) is 5.43 Å². The van der Waals surface area contributed by atoms with Crippen LogP contribution in [0.2, 0.25) is 5.02 Å². The highest BCUT2D eigenvalue weighted by Gasteiger charge is 2.10. The Morgan fingerprint density at radius 2 is 1.97 bits per heavy atom. The van der Waals surface area contributed by atoms with Crippen molar-refractivity contribution in [3.05, 3.63) is 70.9 Å². The van der Waals surface area contributed by atoms with Crippen LogP contribution in [0.4, 0.5) is 5.95 Å². The maximum atomic E-state index is 6.21. The number of rotatable bonds is 4. The van der Waals surface area contributed by atoms with Crippen LogP contribution in [0.15, 0.2) is 64.1 Å². The third-order valence-electron chi connectivity index (χ3n) is 4.58. The van der Waals surface area contributed by atoms with Gasteiger partial charge >= 0.3 is 0 Å². The molecule has 0 aliphatic rings. The average molecular weight is 403 g/mol. The highest BCUT2D eigenvalue weighted by Crippen LogP contribution is 2.28. The summed E-state index contributed by atoms with van der Waals surface area (Å²) in [6.07, 6.45) is 1.54. The van der Waals surface area contributed by atoms with Gasteiger partial charge in [0.25, 0.3) is 5.95 Å². The molecular weight excluding hydrogens is 388 g/mol. The fourth-order valence-corrected chi connectivity index (χ4v) is 3.40. The molecule has 0 bridgehead atoms. The number of halogens is 1. The zero-order valence-electron chi connectivity index (χ0n) is 15.3. The zero-order chi connectivity index (χ0) is 19.8. The Hall–Kier alpha value is -3.71. The predicted molar refractivity (Wildman–Crippen MR) is 114 cm³/mol. The standard InChI is InChI=1S/C21H15ClN6O/c1-12-5-4-7-15-18(12)24-20-19(15)26-28-21(25-20)27-23-11-13-9-10-17(29-13)14-6-2-3-8-16(14)22/h2-11H,1H3,(H2,24,25,27,28)/b23-11+. The molecule has 0 spiro atoms. The third kappa shape index (κ3) is 3.21. The van der Waals surface area contributed by atoms with Gasteiger partial charge in [0.05, 0.1) is 16.8 Å². The van der Waals surface area contributed by atoms with E-state index in [2.05, 4.69) is 30.7 Å². The number of hydrogen-bond acceptors (Lipinski definition) is 6. The van der Waals surface area contributed by atoms with E-state index in [9.17, 15) is 0 Å². The van der Waals surface area contributed by atoms with E-state index in [-0.39, 0.29) is 5.95 Å². The number of fused-ring (bicyclic) bond motifs is 3. The Morgan fingerprint density at radius 3 is 2.86 bits per heavy atom. The first kappa shape index (κ1) is 17.4. The number of aromatic nitrogens is 4. The van der Waals surface area contributed by atoms with Crippen LogP contribution in [0.5, 0.6) is 0 Å². The molecular formula is C21H15ClN6O. The Balaban J connectivity index is 1.37. The van der Waals surface area contributed by atoms with E-state index in [0.717, 1.165) is 27.5 Å². The van der Waals surface area contributed by atoms with E-state index in [0.29, 0.717) is 22.2 Å². The monoisotopic (exact) mass is 402 g/mol. The normalized spacial score (nSPS) is 11.7. The summed E-state index contributed by atoms with van der Waals surface area (Å²) in [5, 5.41) is 14.1. The van der Waals surface area contributed by atoms with Crippen molar-refractivity contribution in [1.29, 1.82) is 0 Å². The number of aryl methyl sites for hydroxylation is 1. The fraction of sp³-hybridized carbons (Fsp3) is 0.0476. The molecule has 5 aromatic rings. The van der Waals surface area contributed by atoms with E-state index in [1.54, 1.807) is 6.21 Å². The quantitative estimate of drug-likeness (QED) is 0.319. The number of nitrogens with zero attached hydrogens (tertiary/aromatic N) is 4. The van der Waals surface area contributed by atoms with Crippen molar-refractivity contribution in [2.24, 2.45) is 5.10 Å². The molecule has 2 aromatic carbocycles. The van der Waals surface area contributed by atoms with Crippen LogP contribution in [-0.2, 0) is 0 Å². The Morgan fingerprint density at radius 1 is 1.07 bits per heavy atom. The van der Waals surface area contributed by atoms with Crippen LogP contribution in [0.1, 0.15) is 11.3 Å². The van der Waals surface area contributed by atoms with Gasteiger partial charge in [0.2, 0.25) is 0 Å². The topological polar surface area (TPSA) is 92.0 Å². The SMILES string of the molecule is Cc1cccc2c1[nH]c1nc(N/N=C/c3ccc(-c4ccccc4Cl)o3)nnc12. The number of hydrazone groups is 1. The highest BCUT2D eigenvalue weighted by atomic mass is 35.5. The lowest BCUT2D eigenvalue weighted by atomic mass is 10.1. The van der Waals surface area contributed by atoms with Gasteiger partial charge in [0, 0.05) is 10.9 Å². The molecule has 0 saturated carbocycles. The maximum absolute atomic E-state index is 6.21. The minimum atomic E-state index is 0.288. The molecule has 0 unspecified atom stereocenters. The lowest BCUT2D eigenvalue weighted by molar-refractivity contribution is 0.575. The summed E-state index contributed by atoms with van der Waals surface area (Å²) in [5.74, 6) is 1.53. The molecule has 29 heavy (non-hydrogen) atoms. The molecule has 0 fully saturated rings. The van der Waals surface area contributed by atoms with Crippen molar-refractivity contribution in [1.82, 2.24) is 20.2 Å². The molecule has 0 saturated heterocycles. The summed E-state index contributed by atoms with van der Waals surface area (Å²) in [6, 6.07) is 17.2. The Kier molecular flexibility index (Phi) is 4.22. The van der Waals surface area contributed by atoms with Crippen LogP contribution < -0.4 is 5.43 Å². The van der Waals surface area contributed by atoms with Crippen molar-refractivity contribution < 1.29 is 4.42 Å². The largest absolute Gasteiger partial charge is 0.455 e. The van der Waals surface area contributed by atoms with Gasteiger partial charge in [-0.1, -0.05) is 41.9 Å². The summed E-state index contributed by atoms with van der Waals surface area (Å²) >= 11 is 6.21. The van der Waals surface area contributed by atoms with Gasteiger partial charge in [0.1, 0.15) is 17.0 Å². The molecule has 3 heterocycles. The van der Waals surface area contributed by atoms with Gasteiger partial charge in [-0.05, 0) is 36.8 Å². The predicted octanol–water partition coefficient (Wildman–Crippen LogP) is 5.17. The minimum absolute atomic E-state index is 0.288. The molecule has 3 aromatic heterocycles.